The van der Waals surface area contributed by atoms with E-state index < -0.39 is 13.1 Å². The van der Waals surface area contributed by atoms with Crippen LogP contribution in [0.15, 0.2) is 42.6 Å². The van der Waals surface area contributed by atoms with E-state index in [4.69, 9.17) is 4.65 Å². The molecule has 1 saturated heterocycles. The standard InChI is InChI=1S/C21H24BN3O5/c26-17(14-24-8-10-25(11-9-24)19-6-1-2-7-23-19)13-16-12-15-4-3-5-18(21(27)28)20(15)30-22(16)29/h1-7,16,29H,8-14H2,(H,27,28)/t16-/m1/s1. The molecule has 1 aromatic carbocycles. The Labute approximate surface area is 175 Å². The van der Waals surface area contributed by atoms with Crippen LogP contribution in [0.5, 0.6) is 5.75 Å². The van der Waals surface area contributed by atoms with Crippen molar-refractivity contribution in [3.8, 4) is 5.75 Å². The molecule has 0 bridgehead atoms. The first-order valence-electron chi connectivity index (χ1n) is 10.1. The van der Waals surface area contributed by atoms with Gasteiger partial charge in [0.15, 0.2) is 0 Å². The summed E-state index contributed by atoms with van der Waals surface area (Å²) >= 11 is 0. The van der Waals surface area contributed by atoms with E-state index in [0.717, 1.165) is 32.0 Å². The molecule has 0 aliphatic carbocycles. The van der Waals surface area contributed by atoms with Gasteiger partial charge in [-0.3, -0.25) is 9.69 Å². The fourth-order valence-electron chi connectivity index (χ4n) is 4.11. The summed E-state index contributed by atoms with van der Waals surface area (Å²) in [6.07, 6.45) is 2.38. The highest BCUT2D eigenvalue weighted by atomic mass is 16.5. The number of pyridine rings is 1. The zero-order valence-electron chi connectivity index (χ0n) is 16.6. The van der Waals surface area contributed by atoms with E-state index in [0.29, 0.717) is 18.5 Å². The van der Waals surface area contributed by atoms with E-state index in [1.54, 1.807) is 18.3 Å². The van der Waals surface area contributed by atoms with Gasteiger partial charge in [0.25, 0.3) is 0 Å². The summed E-state index contributed by atoms with van der Waals surface area (Å²) in [5.41, 5.74) is 0.740. The van der Waals surface area contributed by atoms with Gasteiger partial charge in [0.2, 0.25) is 0 Å². The Morgan fingerprint density at radius 2 is 1.93 bits per heavy atom. The van der Waals surface area contributed by atoms with Crippen LogP contribution in [0.25, 0.3) is 0 Å². The van der Waals surface area contributed by atoms with Gasteiger partial charge >= 0.3 is 13.1 Å². The van der Waals surface area contributed by atoms with Gasteiger partial charge in [-0.1, -0.05) is 18.2 Å². The highest BCUT2D eigenvalue weighted by Gasteiger charge is 2.38. The number of aromatic carboxylic acids is 1. The van der Waals surface area contributed by atoms with Crippen molar-refractivity contribution in [2.45, 2.75) is 18.7 Å². The molecule has 9 heteroatoms. The molecule has 2 aliphatic rings. The number of ketones is 1. The van der Waals surface area contributed by atoms with Gasteiger partial charge in [0.1, 0.15) is 17.4 Å². The molecule has 3 heterocycles. The Bertz CT molecular complexity index is 918. The minimum absolute atomic E-state index is 0.0297. The number of fused-ring (bicyclic) bond motifs is 1. The molecular formula is C21H24BN3O5. The first kappa shape index (κ1) is 20.4. The van der Waals surface area contributed by atoms with E-state index in [-0.39, 0.29) is 29.3 Å². The number of anilines is 1. The van der Waals surface area contributed by atoms with Gasteiger partial charge < -0.3 is 19.7 Å². The Morgan fingerprint density at radius 1 is 1.13 bits per heavy atom. The summed E-state index contributed by atoms with van der Waals surface area (Å²) in [6, 6.07) is 10.7. The van der Waals surface area contributed by atoms with Crippen molar-refractivity contribution in [2.24, 2.45) is 0 Å². The second-order valence-electron chi connectivity index (χ2n) is 7.77. The molecule has 2 aromatic rings. The third kappa shape index (κ3) is 4.47. The van der Waals surface area contributed by atoms with Crippen molar-refractivity contribution in [3.05, 3.63) is 53.7 Å². The van der Waals surface area contributed by atoms with Gasteiger partial charge in [0, 0.05) is 44.6 Å². The van der Waals surface area contributed by atoms with E-state index >= 15 is 0 Å². The van der Waals surface area contributed by atoms with Crippen LogP contribution in [0.1, 0.15) is 22.3 Å². The molecule has 8 nitrogen and oxygen atoms in total. The molecule has 2 aliphatic heterocycles. The summed E-state index contributed by atoms with van der Waals surface area (Å²) in [6.45, 7) is 3.50. The third-order valence-corrected chi connectivity index (χ3v) is 5.69. The average molecular weight is 409 g/mol. The molecule has 156 valence electrons. The molecule has 0 radical (unpaired) electrons. The molecular weight excluding hydrogens is 385 g/mol. The zero-order chi connectivity index (χ0) is 21.1. The van der Waals surface area contributed by atoms with Gasteiger partial charge in [0.05, 0.1) is 12.1 Å². The fourth-order valence-corrected chi connectivity index (χ4v) is 4.11. The maximum absolute atomic E-state index is 12.6. The number of hydrogen-bond acceptors (Lipinski definition) is 7. The van der Waals surface area contributed by atoms with Gasteiger partial charge in [-0.05, 0) is 30.2 Å². The van der Waals surface area contributed by atoms with Crippen LogP contribution >= 0.6 is 0 Å². The SMILES string of the molecule is O=C(C[C@H]1Cc2cccc(C(=O)O)c2OB1O)CN1CCN(c2ccccn2)CC1. The van der Waals surface area contributed by atoms with E-state index in [1.807, 2.05) is 18.2 Å². The summed E-state index contributed by atoms with van der Waals surface area (Å²) < 4.78 is 5.49. The highest BCUT2D eigenvalue weighted by molar-refractivity contribution is 6.47. The van der Waals surface area contributed by atoms with Gasteiger partial charge in [-0.25, -0.2) is 9.78 Å². The number of benzene rings is 1. The smallest absolute Gasteiger partial charge is 0.526 e. The number of carbonyl (C=O) groups excluding carboxylic acids is 1. The Balaban J connectivity index is 1.31. The lowest BCUT2D eigenvalue weighted by Crippen LogP contribution is -2.48. The van der Waals surface area contributed by atoms with Crippen molar-refractivity contribution >= 4 is 24.7 Å². The number of carboxylic acids is 1. The van der Waals surface area contributed by atoms with Crippen molar-refractivity contribution in [1.82, 2.24) is 9.88 Å². The Hall–Kier alpha value is -2.91. The van der Waals surface area contributed by atoms with Crippen LogP contribution in [0.2, 0.25) is 5.82 Å². The third-order valence-electron chi connectivity index (χ3n) is 5.69. The number of carbonyl (C=O) groups is 2. The predicted octanol–water partition coefficient (Wildman–Crippen LogP) is 1.35. The largest absolute Gasteiger partial charge is 0.535 e. The van der Waals surface area contributed by atoms with Crippen LogP contribution in [-0.4, -0.2) is 71.6 Å². The molecule has 1 fully saturated rings. The van der Waals surface area contributed by atoms with E-state index in [9.17, 15) is 19.7 Å². The van der Waals surface area contributed by atoms with Crippen molar-refractivity contribution in [1.29, 1.82) is 0 Å². The lowest BCUT2D eigenvalue weighted by molar-refractivity contribution is -0.120. The van der Waals surface area contributed by atoms with E-state index in [1.165, 1.54) is 6.07 Å². The average Bonchev–Trinajstić information content (AvgIpc) is 2.75. The number of nitrogens with zero attached hydrogens (tertiary/aromatic N) is 3. The second-order valence-corrected chi connectivity index (χ2v) is 7.77. The molecule has 1 aromatic heterocycles. The maximum atomic E-state index is 12.6. The predicted molar refractivity (Wildman–Crippen MR) is 112 cm³/mol. The second kappa shape index (κ2) is 8.85. The number of hydrogen-bond donors (Lipinski definition) is 2. The van der Waals surface area contributed by atoms with Crippen LogP contribution in [0.3, 0.4) is 0 Å². The first-order chi connectivity index (χ1) is 14.5. The number of rotatable bonds is 6. The van der Waals surface area contributed by atoms with E-state index in [2.05, 4.69) is 14.8 Å². The summed E-state index contributed by atoms with van der Waals surface area (Å²) in [5, 5.41) is 19.6. The minimum Gasteiger partial charge on any atom is -0.535 e. The summed E-state index contributed by atoms with van der Waals surface area (Å²) in [5.74, 6) is -0.286. The highest BCUT2D eigenvalue weighted by Crippen LogP contribution is 2.36. The summed E-state index contributed by atoms with van der Waals surface area (Å²) in [4.78, 5) is 32.7. The molecule has 0 unspecified atom stereocenters. The molecule has 0 saturated carbocycles. The lowest BCUT2D eigenvalue weighted by Gasteiger charge is -2.35. The maximum Gasteiger partial charge on any atom is 0.526 e. The minimum atomic E-state index is -1.19. The molecule has 1 atom stereocenters. The normalized spacial score (nSPS) is 19.2. The monoisotopic (exact) mass is 409 g/mol. The molecule has 2 N–H and O–H groups in total. The van der Waals surface area contributed by atoms with Crippen molar-refractivity contribution in [3.63, 3.8) is 0 Å². The fraction of sp³-hybridized carbons (Fsp3) is 0.381. The van der Waals surface area contributed by atoms with Crippen molar-refractivity contribution < 1.29 is 24.4 Å². The van der Waals surface area contributed by atoms with Gasteiger partial charge in [-0.2, -0.15) is 0 Å². The number of aromatic nitrogens is 1. The lowest BCUT2D eigenvalue weighted by atomic mass is 9.64. The zero-order valence-corrected chi connectivity index (χ0v) is 16.6. The van der Waals surface area contributed by atoms with Crippen molar-refractivity contribution in [2.75, 3.05) is 37.6 Å². The van der Waals surface area contributed by atoms with Crippen LogP contribution in [-0.2, 0) is 11.2 Å². The number of Topliss-reactive ketones (excluding diaryl/α,β-unsaturated/α-hetero) is 1. The van der Waals surface area contributed by atoms with Crippen LogP contribution in [0.4, 0.5) is 5.82 Å². The number of carboxylic acid groups (broad SMARTS) is 1. The molecule has 30 heavy (non-hydrogen) atoms. The topological polar surface area (TPSA) is 103 Å². The van der Waals surface area contributed by atoms with Crippen LogP contribution < -0.4 is 9.55 Å². The molecule has 0 spiro atoms. The quantitative estimate of drug-likeness (QED) is 0.690. The van der Waals surface area contributed by atoms with Crippen LogP contribution in [0, 0.1) is 0 Å². The Kier molecular flexibility index (Phi) is 6.01. The Morgan fingerprint density at radius 3 is 2.63 bits per heavy atom. The first-order valence-corrected chi connectivity index (χ1v) is 10.1. The molecule has 0 amide bonds. The summed E-state index contributed by atoms with van der Waals surface area (Å²) in [7, 11) is -1.19. The number of para-hydroxylation sites is 1. The van der Waals surface area contributed by atoms with Gasteiger partial charge in [-0.15, -0.1) is 0 Å². The molecule has 4 rings (SSSR count). The number of piperazine rings is 1.